The van der Waals surface area contributed by atoms with Crippen molar-refractivity contribution in [3.63, 3.8) is 0 Å². The molecule has 1 fully saturated rings. The highest BCUT2D eigenvalue weighted by atomic mass is 32.1. The molecule has 2 aromatic rings. The van der Waals surface area contributed by atoms with Gasteiger partial charge in [-0.1, -0.05) is 12.1 Å². The maximum absolute atomic E-state index is 14.3. The minimum Gasteiger partial charge on any atom is -0.344 e. The number of anilines is 2. The first-order valence-electron chi connectivity index (χ1n) is 9.09. The van der Waals surface area contributed by atoms with E-state index in [2.05, 4.69) is 5.32 Å². The molecular formula is C21H17F2N3O2S. The summed E-state index contributed by atoms with van der Waals surface area (Å²) in [6, 6.07) is 10.1. The number of nitrogens with zero attached hydrogens (tertiary/aromatic N) is 2. The normalized spacial score (nSPS) is 20.7. The number of hydrogen-bond acceptors (Lipinski definition) is 4. The molecule has 0 saturated carbocycles. The minimum absolute atomic E-state index is 0.0168. The molecule has 1 unspecified atom stereocenters. The van der Waals surface area contributed by atoms with Crippen molar-refractivity contribution in [1.29, 1.82) is 0 Å². The van der Waals surface area contributed by atoms with Crippen LogP contribution in [-0.2, 0) is 16.0 Å². The zero-order valence-electron chi connectivity index (χ0n) is 15.5. The number of benzene rings is 2. The van der Waals surface area contributed by atoms with E-state index in [0.717, 1.165) is 22.6 Å². The second-order valence-corrected chi connectivity index (χ2v) is 7.35. The highest BCUT2D eigenvalue weighted by molar-refractivity contribution is 7.80. The van der Waals surface area contributed by atoms with Crippen LogP contribution in [-0.4, -0.2) is 23.0 Å². The standard InChI is InChI=1S/C21H17F2N3O2S/c1-12-6-7-13-10-14(22)8-9-17(13)25(12)11-15-19(27)24-21(29)26(20(15)28)18-5-3-2-4-16(18)23/h2-5,8-12H,6-7H2,1H3,(H,24,27,29). The average molecular weight is 413 g/mol. The maximum atomic E-state index is 14.3. The Morgan fingerprint density at radius 1 is 1.14 bits per heavy atom. The first-order chi connectivity index (χ1) is 13.9. The zero-order chi connectivity index (χ0) is 20.7. The van der Waals surface area contributed by atoms with Gasteiger partial charge in [0.15, 0.2) is 5.11 Å². The van der Waals surface area contributed by atoms with Crippen LogP contribution in [0.1, 0.15) is 18.9 Å². The van der Waals surface area contributed by atoms with Gasteiger partial charge in [-0.15, -0.1) is 0 Å². The van der Waals surface area contributed by atoms with Gasteiger partial charge in [0.1, 0.15) is 17.2 Å². The highest BCUT2D eigenvalue weighted by Gasteiger charge is 2.37. The fourth-order valence-electron chi connectivity index (χ4n) is 3.58. The summed E-state index contributed by atoms with van der Waals surface area (Å²) < 4.78 is 27.9. The molecule has 2 aliphatic heterocycles. The summed E-state index contributed by atoms with van der Waals surface area (Å²) in [6.45, 7) is 1.95. The largest absolute Gasteiger partial charge is 0.344 e. The van der Waals surface area contributed by atoms with Crippen LogP contribution in [0.25, 0.3) is 0 Å². The van der Waals surface area contributed by atoms with Crippen LogP contribution in [0.4, 0.5) is 20.2 Å². The Balaban J connectivity index is 1.77. The van der Waals surface area contributed by atoms with E-state index in [1.165, 1.54) is 36.5 Å². The Morgan fingerprint density at radius 2 is 1.90 bits per heavy atom. The number of thiocarbonyl (C=S) groups is 1. The van der Waals surface area contributed by atoms with Gasteiger partial charge in [0.2, 0.25) is 0 Å². The van der Waals surface area contributed by atoms with Crippen LogP contribution in [0.3, 0.4) is 0 Å². The molecule has 2 aromatic carbocycles. The highest BCUT2D eigenvalue weighted by Crippen LogP contribution is 2.33. The Hall–Kier alpha value is -3.13. The molecule has 0 spiro atoms. The summed E-state index contributed by atoms with van der Waals surface area (Å²) in [7, 11) is 0. The predicted octanol–water partition coefficient (Wildman–Crippen LogP) is 3.44. The van der Waals surface area contributed by atoms with Gasteiger partial charge in [0.25, 0.3) is 11.8 Å². The number of carbonyl (C=O) groups is 2. The van der Waals surface area contributed by atoms with Gasteiger partial charge < -0.3 is 4.90 Å². The van der Waals surface area contributed by atoms with Crippen molar-refractivity contribution in [2.75, 3.05) is 9.80 Å². The van der Waals surface area contributed by atoms with Crippen molar-refractivity contribution in [2.24, 2.45) is 0 Å². The number of para-hydroxylation sites is 1. The molecule has 148 valence electrons. The monoisotopic (exact) mass is 413 g/mol. The number of amides is 2. The molecule has 4 rings (SSSR count). The molecule has 1 saturated heterocycles. The Morgan fingerprint density at radius 3 is 2.66 bits per heavy atom. The number of rotatable bonds is 2. The van der Waals surface area contributed by atoms with Crippen LogP contribution < -0.4 is 15.1 Å². The number of hydrogen-bond donors (Lipinski definition) is 1. The number of fused-ring (bicyclic) bond motifs is 1. The molecule has 29 heavy (non-hydrogen) atoms. The van der Waals surface area contributed by atoms with Gasteiger partial charge in [-0.3, -0.25) is 14.9 Å². The van der Waals surface area contributed by atoms with Crippen molar-refractivity contribution in [3.05, 3.63) is 71.4 Å². The second kappa shape index (κ2) is 7.36. The Labute approximate surface area is 171 Å². The van der Waals surface area contributed by atoms with Gasteiger partial charge in [0.05, 0.1) is 5.69 Å². The summed E-state index contributed by atoms with van der Waals surface area (Å²) in [5.41, 5.74) is 1.31. The predicted molar refractivity (Wildman–Crippen MR) is 109 cm³/mol. The van der Waals surface area contributed by atoms with Crippen LogP contribution in [0.2, 0.25) is 0 Å². The molecule has 2 aliphatic rings. The van der Waals surface area contributed by atoms with Crippen LogP contribution in [0.5, 0.6) is 0 Å². The quantitative estimate of drug-likeness (QED) is 0.466. The molecule has 1 N–H and O–H groups in total. The molecule has 1 atom stereocenters. The third kappa shape index (κ3) is 3.40. The topological polar surface area (TPSA) is 52.7 Å². The van der Waals surface area contributed by atoms with Crippen LogP contribution in [0.15, 0.2) is 54.2 Å². The first-order valence-corrected chi connectivity index (χ1v) is 9.50. The molecule has 0 radical (unpaired) electrons. The molecule has 0 aliphatic carbocycles. The second-order valence-electron chi connectivity index (χ2n) is 6.96. The Kier molecular flexibility index (Phi) is 4.87. The summed E-state index contributed by atoms with van der Waals surface area (Å²) >= 11 is 5.10. The number of nitrogens with one attached hydrogen (secondary N) is 1. The van der Waals surface area contributed by atoms with Gasteiger partial charge in [-0.2, -0.15) is 0 Å². The summed E-state index contributed by atoms with van der Waals surface area (Å²) in [4.78, 5) is 28.4. The van der Waals surface area contributed by atoms with Crippen LogP contribution >= 0.6 is 12.2 Å². The summed E-state index contributed by atoms with van der Waals surface area (Å²) in [5, 5.41) is 2.27. The third-order valence-electron chi connectivity index (χ3n) is 5.09. The summed E-state index contributed by atoms with van der Waals surface area (Å²) in [6.07, 6.45) is 2.86. The lowest BCUT2D eigenvalue weighted by molar-refractivity contribution is -0.122. The van der Waals surface area contributed by atoms with Gasteiger partial charge in [0, 0.05) is 17.9 Å². The lowest BCUT2D eigenvalue weighted by atomic mass is 9.96. The lowest BCUT2D eigenvalue weighted by Gasteiger charge is -2.36. The van der Waals surface area contributed by atoms with Gasteiger partial charge in [-0.25, -0.2) is 13.7 Å². The zero-order valence-corrected chi connectivity index (χ0v) is 16.3. The summed E-state index contributed by atoms with van der Waals surface area (Å²) in [5.74, 6) is -2.35. The molecular weight excluding hydrogens is 396 g/mol. The van der Waals surface area contributed by atoms with Crippen molar-refractivity contribution >= 4 is 40.5 Å². The fourth-order valence-corrected chi connectivity index (χ4v) is 3.85. The van der Waals surface area contributed by atoms with E-state index < -0.39 is 17.6 Å². The number of halogens is 2. The molecule has 0 aromatic heterocycles. The van der Waals surface area contributed by atoms with Crippen molar-refractivity contribution in [2.45, 2.75) is 25.8 Å². The van der Waals surface area contributed by atoms with E-state index in [1.807, 2.05) is 6.92 Å². The van der Waals surface area contributed by atoms with E-state index in [9.17, 15) is 18.4 Å². The lowest BCUT2D eigenvalue weighted by Crippen LogP contribution is -2.55. The maximum Gasteiger partial charge on any atom is 0.271 e. The van der Waals surface area contributed by atoms with Gasteiger partial charge >= 0.3 is 0 Å². The number of carbonyl (C=O) groups excluding carboxylic acids is 2. The Bertz CT molecular complexity index is 1070. The molecule has 0 bridgehead atoms. The fraction of sp³-hybridized carbons (Fsp3) is 0.190. The minimum atomic E-state index is -0.717. The van der Waals surface area contributed by atoms with Crippen LogP contribution in [0, 0.1) is 11.6 Å². The molecule has 5 nitrogen and oxygen atoms in total. The van der Waals surface area contributed by atoms with Crippen molar-refractivity contribution in [1.82, 2.24) is 5.32 Å². The van der Waals surface area contributed by atoms with E-state index in [0.29, 0.717) is 6.42 Å². The molecule has 2 amide bonds. The molecule has 8 heteroatoms. The van der Waals surface area contributed by atoms with E-state index in [4.69, 9.17) is 12.2 Å². The van der Waals surface area contributed by atoms with Crippen molar-refractivity contribution < 1.29 is 18.4 Å². The van der Waals surface area contributed by atoms with E-state index in [-0.39, 0.29) is 28.2 Å². The number of aryl methyl sites for hydroxylation is 1. The molecule has 2 heterocycles. The van der Waals surface area contributed by atoms with Gasteiger partial charge in [-0.05, 0) is 67.9 Å². The first kappa shape index (κ1) is 19.2. The SMILES string of the molecule is CC1CCc2cc(F)ccc2N1C=C1C(=O)NC(=S)N(c2ccccc2F)C1=O. The average Bonchev–Trinajstić information content (AvgIpc) is 2.68. The van der Waals surface area contributed by atoms with Crippen molar-refractivity contribution in [3.8, 4) is 0 Å². The van der Waals surface area contributed by atoms with E-state index in [1.54, 1.807) is 17.0 Å². The smallest absolute Gasteiger partial charge is 0.271 e. The van der Waals surface area contributed by atoms with E-state index >= 15 is 0 Å². The third-order valence-corrected chi connectivity index (χ3v) is 5.37.